The van der Waals surface area contributed by atoms with Crippen molar-refractivity contribution in [1.82, 2.24) is 14.5 Å². The topological polar surface area (TPSA) is 115 Å². The van der Waals surface area contributed by atoms with Crippen LogP contribution in [0.2, 0.25) is 0 Å². The lowest BCUT2D eigenvalue weighted by Crippen LogP contribution is -2.48. The lowest BCUT2D eigenvalue weighted by Gasteiger charge is -2.36. The Bertz CT molecular complexity index is 2030. The quantitative estimate of drug-likeness (QED) is 0.174. The Balaban J connectivity index is 1.09. The second-order valence-corrected chi connectivity index (χ2v) is 12.3. The van der Waals surface area contributed by atoms with Crippen molar-refractivity contribution < 1.29 is 23.8 Å². The molecule has 1 saturated heterocycles. The number of anilines is 2. The van der Waals surface area contributed by atoms with Gasteiger partial charge in [0.1, 0.15) is 5.75 Å². The minimum Gasteiger partial charge on any atom is -0.495 e. The van der Waals surface area contributed by atoms with E-state index in [2.05, 4.69) is 22.3 Å². The van der Waals surface area contributed by atoms with E-state index in [4.69, 9.17) is 19.2 Å². The Morgan fingerprint density at radius 1 is 0.896 bits per heavy atom. The van der Waals surface area contributed by atoms with Crippen molar-refractivity contribution in [2.45, 2.75) is 11.7 Å². The van der Waals surface area contributed by atoms with Gasteiger partial charge < -0.3 is 29.3 Å². The van der Waals surface area contributed by atoms with E-state index in [0.717, 1.165) is 36.1 Å². The highest BCUT2D eigenvalue weighted by atomic mass is 32.2. The molecule has 5 aromatic rings. The van der Waals surface area contributed by atoms with Gasteiger partial charge in [-0.3, -0.25) is 19.0 Å². The molecule has 244 valence electrons. The molecule has 12 heteroatoms. The van der Waals surface area contributed by atoms with Gasteiger partial charge in [0.2, 0.25) is 12.7 Å². The Morgan fingerprint density at radius 3 is 2.35 bits per heavy atom. The largest absolute Gasteiger partial charge is 0.495 e. The first kappa shape index (κ1) is 31.1. The summed E-state index contributed by atoms with van der Waals surface area (Å²) in [5.41, 5.74) is 3.28. The zero-order chi connectivity index (χ0) is 33.0. The van der Waals surface area contributed by atoms with E-state index in [1.807, 2.05) is 47.4 Å². The predicted octanol–water partition coefficient (Wildman–Crippen LogP) is 4.88. The van der Waals surface area contributed by atoms with E-state index >= 15 is 0 Å². The van der Waals surface area contributed by atoms with E-state index in [1.165, 1.54) is 0 Å². The lowest BCUT2D eigenvalue weighted by atomic mass is 10.1. The maximum absolute atomic E-state index is 13.9. The first-order valence-electron chi connectivity index (χ1n) is 15.5. The van der Waals surface area contributed by atoms with E-state index < -0.39 is 0 Å². The molecule has 48 heavy (non-hydrogen) atoms. The second kappa shape index (κ2) is 13.7. The van der Waals surface area contributed by atoms with E-state index in [9.17, 15) is 14.4 Å². The number of benzene rings is 4. The minimum absolute atomic E-state index is 0.00548. The van der Waals surface area contributed by atoms with Crippen molar-refractivity contribution in [3.8, 4) is 17.2 Å². The van der Waals surface area contributed by atoms with Crippen molar-refractivity contribution in [2.75, 3.05) is 56.1 Å². The molecule has 0 atom stereocenters. The van der Waals surface area contributed by atoms with E-state index in [0.29, 0.717) is 57.6 Å². The van der Waals surface area contributed by atoms with Gasteiger partial charge in [-0.05, 0) is 48.0 Å². The number of carbonyl (C=O) groups excluding carboxylic acids is 2. The molecule has 0 unspecified atom stereocenters. The van der Waals surface area contributed by atoms with E-state index in [-0.39, 0.29) is 36.5 Å². The summed E-state index contributed by atoms with van der Waals surface area (Å²) in [7, 11) is 1.54. The summed E-state index contributed by atoms with van der Waals surface area (Å²) in [6.07, 6.45) is 0. The first-order chi connectivity index (χ1) is 23.5. The molecule has 1 fully saturated rings. The highest BCUT2D eigenvalue weighted by Gasteiger charge is 2.23. The van der Waals surface area contributed by atoms with Crippen LogP contribution in [0.5, 0.6) is 17.2 Å². The molecule has 1 N–H and O–H groups in total. The zero-order valence-electron chi connectivity index (χ0n) is 26.3. The number of piperazine rings is 1. The van der Waals surface area contributed by atoms with Crippen LogP contribution in [0.4, 0.5) is 11.4 Å². The van der Waals surface area contributed by atoms with Crippen LogP contribution in [0.3, 0.4) is 0 Å². The molecule has 0 radical (unpaired) electrons. The number of aromatic nitrogens is 2. The number of para-hydroxylation sites is 3. The van der Waals surface area contributed by atoms with Gasteiger partial charge in [-0.15, -0.1) is 0 Å². The normalized spacial score (nSPS) is 13.9. The monoisotopic (exact) mass is 663 g/mol. The number of fused-ring (bicyclic) bond motifs is 2. The summed E-state index contributed by atoms with van der Waals surface area (Å²) in [6.45, 7) is 3.07. The van der Waals surface area contributed by atoms with Crippen LogP contribution >= 0.6 is 11.8 Å². The number of hydrogen-bond donors (Lipinski definition) is 1. The van der Waals surface area contributed by atoms with Gasteiger partial charge in [0.25, 0.3) is 11.5 Å². The van der Waals surface area contributed by atoms with Gasteiger partial charge in [-0.1, -0.05) is 54.2 Å². The third-order valence-electron chi connectivity index (χ3n) is 8.36. The van der Waals surface area contributed by atoms with Gasteiger partial charge in [0, 0.05) is 43.5 Å². The highest BCUT2D eigenvalue weighted by molar-refractivity contribution is 7.99. The minimum atomic E-state index is -0.276. The maximum atomic E-state index is 13.9. The third-order valence-corrected chi connectivity index (χ3v) is 9.33. The standard InChI is InChI=1S/C36H33N5O6S/c1-45-30-10-6-5-9-28(30)37-33(42)22-48-36-38-29-20-32-31(46-23-47-32)19-27(29)35(44)41(36)21-24-11-13-25(14-12-24)34(43)40-17-15-39(16-18-40)26-7-3-2-4-8-26/h2-14,19-20H,15-18,21-23H2,1H3,(H,37,42). The number of methoxy groups -OCH3 is 1. The SMILES string of the molecule is COc1ccccc1NC(=O)CSc1nc2cc3c(cc2c(=O)n1Cc1ccc(C(=O)N2CCN(c4ccccc4)CC2)cc1)OCO3. The number of rotatable bonds is 9. The Morgan fingerprint density at radius 2 is 1.60 bits per heavy atom. The molecule has 11 nitrogen and oxygen atoms in total. The summed E-state index contributed by atoms with van der Waals surface area (Å²) in [5.74, 6) is 1.25. The Hall–Kier alpha value is -5.49. The maximum Gasteiger partial charge on any atom is 0.262 e. The Labute approximate surface area is 281 Å². The molecular weight excluding hydrogens is 630 g/mol. The molecule has 0 bridgehead atoms. The lowest BCUT2D eigenvalue weighted by molar-refractivity contribution is -0.113. The summed E-state index contributed by atoms with van der Waals surface area (Å²) in [4.78, 5) is 49.2. The molecule has 4 aromatic carbocycles. The molecule has 0 saturated carbocycles. The van der Waals surface area contributed by atoms with Gasteiger partial charge >= 0.3 is 0 Å². The molecule has 2 amide bonds. The second-order valence-electron chi connectivity index (χ2n) is 11.4. The molecular formula is C36H33N5O6S. The molecule has 2 aliphatic rings. The number of nitrogens with zero attached hydrogens (tertiary/aromatic N) is 4. The molecule has 7 rings (SSSR count). The number of amides is 2. The fourth-order valence-electron chi connectivity index (χ4n) is 5.83. The van der Waals surface area contributed by atoms with Crippen LogP contribution < -0.4 is 30.0 Å². The van der Waals surface area contributed by atoms with Crippen molar-refractivity contribution >= 4 is 45.9 Å². The number of ether oxygens (including phenoxy) is 3. The number of nitrogens with one attached hydrogen (secondary N) is 1. The molecule has 0 aliphatic carbocycles. The van der Waals surface area contributed by atoms with Crippen molar-refractivity contribution in [3.63, 3.8) is 0 Å². The predicted molar refractivity (Wildman–Crippen MR) is 185 cm³/mol. The van der Waals surface area contributed by atoms with Crippen LogP contribution in [0.25, 0.3) is 10.9 Å². The highest BCUT2D eigenvalue weighted by Crippen LogP contribution is 2.35. The average molecular weight is 664 g/mol. The average Bonchev–Trinajstić information content (AvgIpc) is 3.59. The van der Waals surface area contributed by atoms with Gasteiger partial charge in [-0.25, -0.2) is 4.98 Å². The van der Waals surface area contributed by atoms with Crippen LogP contribution in [0, 0.1) is 0 Å². The molecule has 3 heterocycles. The van der Waals surface area contributed by atoms with Crippen molar-refractivity contribution in [2.24, 2.45) is 0 Å². The zero-order valence-corrected chi connectivity index (χ0v) is 27.1. The van der Waals surface area contributed by atoms with Gasteiger partial charge in [0.15, 0.2) is 16.7 Å². The summed E-state index contributed by atoms with van der Waals surface area (Å²) in [5, 5.41) is 3.62. The third kappa shape index (κ3) is 6.52. The van der Waals surface area contributed by atoms with E-state index in [1.54, 1.807) is 48.1 Å². The smallest absolute Gasteiger partial charge is 0.262 e. The Kier molecular flexibility index (Phi) is 8.89. The van der Waals surface area contributed by atoms with Crippen molar-refractivity contribution in [1.29, 1.82) is 0 Å². The summed E-state index contributed by atoms with van der Waals surface area (Å²) < 4.78 is 17.9. The first-order valence-corrected chi connectivity index (χ1v) is 16.5. The fourth-order valence-corrected chi connectivity index (χ4v) is 6.63. The molecule has 2 aliphatic heterocycles. The fraction of sp³-hybridized carbons (Fsp3) is 0.222. The summed E-state index contributed by atoms with van der Waals surface area (Å²) in [6, 6.07) is 28.0. The molecule has 0 spiro atoms. The van der Waals surface area contributed by atoms with Crippen LogP contribution in [0.15, 0.2) is 101 Å². The van der Waals surface area contributed by atoms with Crippen LogP contribution in [-0.4, -0.2) is 72.1 Å². The van der Waals surface area contributed by atoms with Gasteiger partial charge in [0.05, 0.1) is 36.0 Å². The number of hydrogen-bond acceptors (Lipinski definition) is 9. The summed E-state index contributed by atoms with van der Waals surface area (Å²) >= 11 is 1.16. The van der Waals surface area contributed by atoms with Gasteiger partial charge in [-0.2, -0.15) is 0 Å². The van der Waals surface area contributed by atoms with Crippen LogP contribution in [0.1, 0.15) is 15.9 Å². The number of thioether (sulfide) groups is 1. The number of carbonyl (C=O) groups is 2. The van der Waals surface area contributed by atoms with Crippen molar-refractivity contribution in [3.05, 3.63) is 112 Å². The molecule has 1 aromatic heterocycles. The van der Waals surface area contributed by atoms with Crippen LogP contribution in [-0.2, 0) is 11.3 Å².